The standard InChI is InChI=1S/C27H29NO4S/c1-25(2)11-12-26(3,4)21-16-19(9-10-20(21)25)27(31-13-14-32-27)18-7-5-17(6-8-18)15-22-23(29)28-24(30)33-22/h5-10,15-16H,11-14H2,1-4H3,(H,28,29,30)/b22-15-. The first kappa shape index (κ1) is 22.4. The van der Waals surface area contributed by atoms with E-state index < -0.39 is 5.79 Å². The third kappa shape index (κ3) is 3.84. The van der Waals surface area contributed by atoms with Crippen molar-refractivity contribution in [2.75, 3.05) is 13.2 Å². The summed E-state index contributed by atoms with van der Waals surface area (Å²) in [6.45, 7) is 10.3. The van der Waals surface area contributed by atoms with Crippen LogP contribution in [0.4, 0.5) is 4.79 Å². The molecule has 5 rings (SSSR count). The monoisotopic (exact) mass is 463 g/mol. The fourth-order valence-corrected chi connectivity index (χ4v) is 5.76. The van der Waals surface area contributed by atoms with E-state index in [1.165, 1.54) is 17.5 Å². The van der Waals surface area contributed by atoms with E-state index in [1.54, 1.807) is 6.08 Å². The number of ether oxygens (including phenoxy) is 2. The number of rotatable bonds is 3. The van der Waals surface area contributed by atoms with Crippen molar-refractivity contribution in [1.29, 1.82) is 0 Å². The van der Waals surface area contributed by atoms with Crippen molar-refractivity contribution in [2.24, 2.45) is 0 Å². The molecular formula is C27H29NO4S. The summed E-state index contributed by atoms with van der Waals surface area (Å²) in [6.07, 6.45) is 4.03. The van der Waals surface area contributed by atoms with Crippen LogP contribution in [0.2, 0.25) is 0 Å². The first-order valence-corrected chi connectivity index (χ1v) is 12.2. The number of amides is 2. The van der Waals surface area contributed by atoms with Gasteiger partial charge in [-0.1, -0.05) is 64.1 Å². The van der Waals surface area contributed by atoms with Gasteiger partial charge < -0.3 is 9.47 Å². The number of benzene rings is 2. The van der Waals surface area contributed by atoms with Crippen molar-refractivity contribution in [2.45, 2.75) is 57.2 Å². The fourth-order valence-electron chi connectivity index (χ4n) is 5.08. The van der Waals surface area contributed by atoms with E-state index in [-0.39, 0.29) is 22.0 Å². The molecule has 6 heteroatoms. The van der Waals surface area contributed by atoms with Gasteiger partial charge in [0.2, 0.25) is 5.79 Å². The zero-order valence-corrected chi connectivity index (χ0v) is 20.3. The average molecular weight is 464 g/mol. The molecule has 0 atom stereocenters. The largest absolute Gasteiger partial charge is 0.340 e. The summed E-state index contributed by atoms with van der Waals surface area (Å²) in [5, 5.41) is 1.95. The lowest BCUT2D eigenvalue weighted by atomic mass is 9.62. The highest BCUT2D eigenvalue weighted by Gasteiger charge is 2.43. The summed E-state index contributed by atoms with van der Waals surface area (Å²) < 4.78 is 12.6. The zero-order chi connectivity index (χ0) is 23.4. The van der Waals surface area contributed by atoms with Crippen LogP contribution in [-0.2, 0) is 30.9 Å². The van der Waals surface area contributed by atoms with Crippen LogP contribution in [-0.4, -0.2) is 24.4 Å². The molecule has 2 heterocycles. The average Bonchev–Trinajstić information content (AvgIpc) is 3.39. The van der Waals surface area contributed by atoms with Crippen LogP contribution in [0.25, 0.3) is 6.08 Å². The minimum atomic E-state index is -0.951. The van der Waals surface area contributed by atoms with E-state index in [4.69, 9.17) is 9.47 Å². The third-order valence-electron chi connectivity index (χ3n) is 7.16. The SMILES string of the molecule is CC1(C)CCC(C)(C)c2cc(C3(c4ccc(/C=C5\SC(=O)NC5=O)cc4)OCCO3)ccc21. The lowest BCUT2D eigenvalue weighted by molar-refractivity contribution is -0.130. The predicted octanol–water partition coefficient (Wildman–Crippen LogP) is 5.61. The molecule has 172 valence electrons. The van der Waals surface area contributed by atoms with Crippen LogP contribution in [0.15, 0.2) is 47.4 Å². The second-order valence-electron chi connectivity index (χ2n) is 10.3. The van der Waals surface area contributed by atoms with Crippen molar-refractivity contribution in [3.8, 4) is 0 Å². The lowest BCUT2D eigenvalue weighted by Gasteiger charge is -2.42. The van der Waals surface area contributed by atoms with Crippen molar-refractivity contribution in [3.05, 3.63) is 75.2 Å². The van der Waals surface area contributed by atoms with E-state index in [1.807, 2.05) is 24.3 Å². The van der Waals surface area contributed by atoms with Gasteiger partial charge in [-0.3, -0.25) is 14.9 Å². The van der Waals surface area contributed by atoms with Crippen LogP contribution in [0.1, 0.15) is 68.4 Å². The molecule has 0 aromatic heterocycles. The highest BCUT2D eigenvalue weighted by atomic mass is 32.2. The van der Waals surface area contributed by atoms with Crippen LogP contribution in [0.3, 0.4) is 0 Å². The van der Waals surface area contributed by atoms with Crippen LogP contribution < -0.4 is 5.32 Å². The molecule has 1 N–H and O–H groups in total. The van der Waals surface area contributed by atoms with E-state index in [2.05, 4.69) is 51.2 Å². The quantitative estimate of drug-likeness (QED) is 0.600. The van der Waals surface area contributed by atoms with Crippen molar-refractivity contribution < 1.29 is 19.1 Å². The first-order valence-electron chi connectivity index (χ1n) is 11.4. The maximum absolute atomic E-state index is 11.9. The van der Waals surface area contributed by atoms with Crippen molar-refractivity contribution in [1.82, 2.24) is 5.32 Å². The minimum Gasteiger partial charge on any atom is -0.340 e. The van der Waals surface area contributed by atoms with E-state index >= 15 is 0 Å². The molecule has 2 fully saturated rings. The summed E-state index contributed by atoms with van der Waals surface area (Å²) in [4.78, 5) is 23.7. The molecule has 0 bridgehead atoms. The highest BCUT2D eigenvalue weighted by molar-refractivity contribution is 8.18. The van der Waals surface area contributed by atoms with Crippen LogP contribution in [0, 0.1) is 0 Å². The predicted molar refractivity (Wildman–Crippen MR) is 130 cm³/mol. The number of thioether (sulfide) groups is 1. The number of carbonyl (C=O) groups excluding carboxylic acids is 2. The van der Waals surface area contributed by atoms with E-state index in [0.717, 1.165) is 34.9 Å². The van der Waals surface area contributed by atoms with Gasteiger partial charge >= 0.3 is 0 Å². The molecule has 3 aliphatic rings. The molecule has 1 aliphatic carbocycles. The van der Waals surface area contributed by atoms with Gasteiger partial charge in [0.15, 0.2) is 0 Å². The Morgan fingerprint density at radius 3 is 2.06 bits per heavy atom. The molecule has 0 saturated carbocycles. The normalized spacial score (nSPS) is 24.1. The number of nitrogens with one attached hydrogen (secondary N) is 1. The summed E-state index contributed by atoms with van der Waals surface area (Å²) in [7, 11) is 0. The molecule has 5 nitrogen and oxygen atoms in total. The second kappa shape index (κ2) is 7.83. The Morgan fingerprint density at radius 1 is 0.848 bits per heavy atom. The number of fused-ring (bicyclic) bond motifs is 1. The zero-order valence-electron chi connectivity index (χ0n) is 19.5. The van der Waals surface area contributed by atoms with Crippen LogP contribution in [0.5, 0.6) is 0 Å². The molecular weight excluding hydrogens is 434 g/mol. The Balaban J connectivity index is 1.53. The molecule has 2 aliphatic heterocycles. The van der Waals surface area contributed by atoms with Gasteiger partial charge in [-0.2, -0.15) is 0 Å². The van der Waals surface area contributed by atoms with Crippen molar-refractivity contribution >= 4 is 29.0 Å². The summed E-state index contributed by atoms with van der Waals surface area (Å²) in [5.41, 5.74) is 5.77. The Kier molecular flexibility index (Phi) is 5.31. The van der Waals surface area contributed by atoms with Gasteiger partial charge in [-0.05, 0) is 64.3 Å². The Hall–Kier alpha value is -2.41. The number of hydrogen-bond acceptors (Lipinski definition) is 5. The van der Waals surface area contributed by atoms with Gasteiger partial charge in [0, 0.05) is 11.1 Å². The topological polar surface area (TPSA) is 64.6 Å². The molecule has 33 heavy (non-hydrogen) atoms. The molecule has 0 spiro atoms. The van der Waals surface area contributed by atoms with Gasteiger partial charge in [0.1, 0.15) is 0 Å². The maximum atomic E-state index is 11.9. The number of hydrogen-bond donors (Lipinski definition) is 1. The second-order valence-corrected chi connectivity index (χ2v) is 11.3. The van der Waals surface area contributed by atoms with Gasteiger partial charge in [-0.25, -0.2) is 0 Å². The van der Waals surface area contributed by atoms with E-state index in [0.29, 0.717) is 18.1 Å². The summed E-state index contributed by atoms with van der Waals surface area (Å²) >= 11 is 0.919. The summed E-state index contributed by atoms with van der Waals surface area (Å²) in [6, 6.07) is 14.5. The van der Waals surface area contributed by atoms with Crippen LogP contribution >= 0.6 is 11.8 Å². The Labute approximate surface area is 198 Å². The molecule has 2 amide bonds. The van der Waals surface area contributed by atoms with Crippen molar-refractivity contribution in [3.63, 3.8) is 0 Å². The van der Waals surface area contributed by atoms with Gasteiger partial charge in [-0.15, -0.1) is 0 Å². The fraction of sp³-hybridized carbons (Fsp3) is 0.407. The van der Waals surface area contributed by atoms with Gasteiger partial charge in [0.05, 0.1) is 18.1 Å². The smallest absolute Gasteiger partial charge is 0.290 e. The lowest BCUT2D eigenvalue weighted by Crippen LogP contribution is -2.35. The Morgan fingerprint density at radius 2 is 1.45 bits per heavy atom. The van der Waals surface area contributed by atoms with Gasteiger partial charge in [0.25, 0.3) is 11.1 Å². The minimum absolute atomic E-state index is 0.0909. The highest BCUT2D eigenvalue weighted by Crippen LogP contribution is 2.48. The number of imide groups is 1. The molecule has 0 radical (unpaired) electrons. The summed E-state index contributed by atoms with van der Waals surface area (Å²) in [5.74, 6) is -1.30. The molecule has 2 aromatic carbocycles. The maximum Gasteiger partial charge on any atom is 0.290 e. The molecule has 0 unspecified atom stereocenters. The Bertz CT molecular complexity index is 1160. The first-order chi connectivity index (χ1) is 15.6. The van der Waals surface area contributed by atoms with E-state index in [9.17, 15) is 9.59 Å². The third-order valence-corrected chi connectivity index (χ3v) is 7.97. The number of carbonyl (C=O) groups is 2. The molecule has 2 saturated heterocycles. The molecule has 2 aromatic rings.